The number of aliphatic hydroxyl groups is 1. The lowest BCUT2D eigenvalue weighted by atomic mass is 10.1. The van der Waals surface area contributed by atoms with Gasteiger partial charge in [0, 0.05) is 23.5 Å². The van der Waals surface area contributed by atoms with Crippen molar-refractivity contribution in [3.8, 4) is 23.3 Å². The van der Waals surface area contributed by atoms with E-state index in [1.807, 2.05) is 0 Å². The summed E-state index contributed by atoms with van der Waals surface area (Å²) < 4.78 is 74.1. The maximum absolute atomic E-state index is 14.7. The van der Waals surface area contributed by atoms with E-state index in [9.17, 15) is 17.6 Å². The average molecular weight is 686 g/mol. The molecule has 4 aromatic rings. The number of aliphatic hydroxyl groups excluding tert-OH is 1. The Balaban J connectivity index is 1.26. The van der Waals surface area contributed by atoms with Gasteiger partial charge in [-0.1, -0.05) is 0 Å². The van der Waals surface area contributed by atoms with Gasteiger partial charge in [-0.05, 0) is 111 Å². The van der Waals surface area contributed by atoms with Crippen LogP contribution in [0.1, 0.15) is 16.7 Å². The molecule has 0 saturated carbocycles. The van der Waals surface area contributed by atoms with Crippen molar-refractivity contribution in [2.24, 2.45) is 0 Å². The van der Waals surface area contributed by atoms with Crippen LogP contribution in [-0.4, -0.2) is 34.9 Å². The first-order chi connectivity index (χ1) is 19.1. The zero-order chi connectivity index (χ0) is 28.8. The van der Waals surface area contributed by atoms with Crippen molar-refractivity contribution >= 4 is 31.9 Å². The lowest BCUT2D eigenvalue weighted by Crippen LogP contribution is -2.21. The summed E-state index contributed by atoms with van der Waals surface area (Å²) in [5, 5.41) is 8.79. The molecule has 210 valence electrons. The Labute approximate surface area is 244 Å². The molecule has 0 spiro atoms. The maximum Gasteiger partial charge on any atom is 0.296 e. The molecule has 1 N–H and O–H groups in total. The minimum atomic E-state index is -3.34. The van der Waals surface area contributed by atoms with Crippen LogP contribution < -0.4 is 9.47 Å². The van der Waals surface area contributed by atoms with Gasteiger partial charge in [-0.25, -0.2) is 9.97 Å². The number of hydrogen-bond donors (Lipinski definition) is 1. The highest BCUT2D eigenvalue weighted by molar-refractivity contribution is 9.10. The standard InChI is InChI=1S/C28H22Br2F4N2O4/c29-23-2-1-12-35-25(23)39-21-9-5-20(6-10-21)28(33,34)17-38-13-11-18-14-24(30)26(36-15-18)40-22-7-3-19(4-8-22)27(31,32)16-37/h1-10,12,14-15,37H,11,13,16-17H2. The second-order valence-corrected chi connectivity index (χ2v) is 10.3. The molecule has 0 saturated heterocycles. The van der Waals surface area contributed by atoms with Crippen molar-refractivity contribution in [3.05, 3.63) is 105 Å². The average Bonchev–Trinajstić information content (AvgIpc) is 2.94. The van der Waals surface area contributed by atoms with E-state index < -0.39 is 25.1 Å². The van der Waals surface area contributed by atoms with Crippen LogP contribution in [0.4, 0.5) is 17.6 Å². The van der Waals surface area contributed by atoms with Crippen LogP contribution in [0.5, 0.6) is 23.3 Å². The van der Waals surface area contributed by atoms with Gasteiger partial charge in [0.25, 0.3) is 11.8 Å². The van der Waals surface area contributed by atoms with Crippen LogP contribution in [0.15, 0.2) is 88.1 Å². The molecule has 2 heterocycles. The van der Waals surface area contributed by atoms with Crippen molar-refractivity contribution in [2.75, 3.05) is 19.8 Å². The molecule has 0 bridgehead atoms. The molecule has 0 radical (unpaired) electrons. The van der Waals surface area contributed by atoms with Gasteiger partial charge in [0.1, 0.15) is 24.7 Å². The number of aromatic nitrogens is 2. The highest BCUT2D eigenvalue weighted by atomic mass is 79.9. The molecule has 2 aromatic carbocycles. The Morgan fingerprint density at radius 3 is 1.88 bits per heavy atom. The molecule has 0 amide bonds. The van der Waals surface area contributed by atoms with Gasteiger partial charge in [0.15, 0.2) is 0 Å². The molecular formula is C28H22Br2F4N2O4. The fourth-order valence-corrected chi connectivity index (χ4v) is 4.26. The number of benzene rings is 2. The molecule has 0 aliphatic heterocycles. The lowest BCUT2D eigenvalue weighted by molar-refractivity contribution is -0.0820. The van der Waals surface area contributed by atoms with Crippen LogP contribution in [0.25, 0.3) is 0 Å². The van der Waals surface area contributed by atoms with Crippen molar-refractivity contribution in [1.82, 2.24) is 9.97 Å². The van der Waals surface area contributed by atoms with Crippen LogP contribution >= 0.6 is 31.9 Å². The molecule has 0 aliphatic carbocycles. The number of hydrogen-bond acceptors (Lipinski definition) is 6. The van der Waals surface area contributed by atoms with Crippen molar-refractivity contribution < 1.29 is 36.9 Å². The van der Waals surface area contributed by atoms with Crippen LogP contribution in [0, 0.1) is 0 Å². The molecule has 12 heteroatoms. The molecule has 0 atom stereocenters. The molecule has 0 unspecified atom stereocenters. The SMILES string of the molecule is OCC(F)(F)c1ccc(Oc2ncc(CCOCC(F)(F)c3ccc(Oc4ncccc4Br)cc3)cc2Br)cc1. The monoisotopic (exact) mass is 684 g/mol. The van der Waals surface area contributed by atoms with Gasteiger partial charge in [0.05, 0.1) is 15.6 Å². The van der Waals surface area contributed by atoms with E-state index in [0.29, 0.717) is 32.6 Å². The lowest BCUT2D eigenvalue weighted by Gasteiger charge is -2.17. The summed E-state index contributed by atoms with van der Waals surface area (Å²) in [6, 6.07) is 15.6. The van der Waals surface area contributed by atoms with E-state index in [1.165, 1.54) is 42.6 Å². The van der Waals surface area contributed by atoms with Crippen molar-refractivity contribution in [1.29, 1.82) is 0 Å². The first kappa shape index (κ1) is 29.9. The van der Waals surface area contributed by atoms with Gasteiger partial charge < -0.3 is 19.3 Å². The first-order valence-corrected chi connectivity index (χ1v) is 13.4. The maximum atomic E-state index is 14.7. The van der Waals surface area contributed by atoms with Crippen LogP contribution in [0.3, 0.4) is 0 Å². The Hall–Kier alpha value is -3.06. The highest BCUT2D eigenvalue weighted by Gasteiger charge is 2.32. The Morgan fingerprint density at radius 1 is 0.750 bits per heavy atom. The second kappa shape index (κ2) is 13.1. The van der Waals surface area contributed by atoms with Gasteiger partial charge in [-0.15, -0.1) is 0 Å². The number of alkyl halides is 4. The Morgan fingerprint density at radius 2 is 1.32 bits per heavy atom. The molecule has 40 heavy (non-hydrogen) atoms. The minimum Gasteiger partial charge on any atom is -0.438 e. The van der Waals surface area contributed by atoms with Gasteiger partial charge in [0.2, 0.25) is 11.8 Å². The predicted molar refractivity (Wildman–Crippen MR) is 146 cm³/mol. The number of rotatable bonds is 12. The van der Waals surface area contributed by atoms with Crippen LogP contribution in [0.2, 0.25) is 0 Å². The van der Waals surface area contributed by atoms with Gasteiger partial charge >= 0.3 is 0 Å². The van der Waals surface area contributed by atoms with E-state index >= 15 is 0 Å². The third kappa shape index (κ3) is 7.78. The molecule has 4 rings (SSSR count). The largest absolute Gasteiger partial charge is 0.438 e. The molecule has 2 aromatic heterocycles. The summed E-state index contributed by atoms with van der Waals surface area (Å²) in [7, 11) is 0. The topological polar surface area (TPSA) is 73.7 Å². The van der Waals surface area contributed by atoms with Crippen molar-refractivity contribution in [3.63, 3.8) is 0 Å². The summed E-state index contributed by atoms with van der Waals surface area (Å²) >= 11 is 6.66. The van der Waals surface area contributed by atoms with E-state index in [4.69, 9.17) is 19.3 Å². The number of nitrogens with zero attached hydrogens (tertiary/aromatic N) is 2. The quantitative estimate of drug-likeness (QED) is 0.120. The fraction of sp³-hybridized carbons (Fsp3) is 0.214. The molecule has 6 nitrogen and oxygen atoms in total. The van der Waals surface area contributed by atoms with Gasteiger partial charge in [-0.3, -0.25) is 0 Å². The van der Waals surface area contributed by atoms with E-state index in [-0.39, 0.29) is 29.4 Å². The van der Waals surface area contributed by atoms with E-state index in [1.54, 1.807) is 24.4 Å². The third-order valence-corrected chi connectivity index (χ3v) is 6.76. The first-order valence-electron chi connectivity index (χ1n) is 11.8. The molecule has 0 aliphatic rings. The third-order valence-electron chi connectivity index (χ3n) is 5.59. The molecular weight excluding hydrogens is 664 g/mol. The normalized spacial score (nSPS) is 11.9. The highest BCUT2D eigenvalue weighted by Crippen LogP contribution is 2.33. The van der Waals surface area contributed by atoms with Crippen molar-refractivity contribution in [2.45, 2.75) is 18.3 Å². The predicted octanol–water partition coefficient (Wildman–Crippen LogP) is 8.02. The van der Waals surface area contributed by atoms with E-state index in [2.05, 4.69) is 41.8 Å². The summed E-state index contributed by atoms with van der Waals surface area (Å²) in [5.74, 6) is -5.40. The Kier molecular flexibility index (Phi) is 9.77. The molecule has 0 fully saturated rings. The smallest absolute Gasteiger partial charge is 0.296 e. The fourth-order valence-electron chi connectivity index (χ4n) is 3.44. The summed E-state index contributed by atoms with van der Waals surface area (Å²) in [6.45, 7) is -2.07. The zero-order valence-corrected chi connectivity index (χ0v) is 23.8. The van der Waals surface area contributed by atoms with Crippen LogP contribution in [-0.2, 0) is 23.0 Å². The zero-order valence-electron chi connectivity index (χ0n) is 20.7. The number of halogens is 6. The Bertz CT molecular complexity index is 1430. The summed E-state index contributed by atoms with van der Waals surface area (Å²) in [5.41, 5.74) is 0.164. The summed E-state index contributed by atoms with van der Waals surface area (Å²) in [4.78, 5) is 8.28. The summed E-state index contributed by atoms with van der Waals surface area (Å²) in [6.07, 6.45) is 3.39. The second-order valence-electron chi connectivity index (χ2n) is 8.54. The van der Waals surface area contributed by atoms with Gasteiger partial charge in [-0.2, -0.15) is 17.6 Å². The van der Waals surface area contributed by atoms with E-state index in [0.717, 1.165) is 12.1 Å². The number of pyridine rings is 2. The number of ether oxygens (including phenoxy) is 3. The minimum absolute atomic E-state index is 0.0271.